The Morgan fingerprint density at radius 3 is 2.50 bits per heavy atom. The number of hydrogen-bond donors (Lipinski definition) is 1. The third-order valence-electron chi connectivity index (χ3n) is 3.73. The van der Waals surface area contributed by atoms with E-state index in [1.54, 1.807) is 13.8 Å². The van der Waals surface area contributed by atoms with E-state index in [9.17, 15) is 5.11 Å². The summed E-state index contributed by atoms with van der Waals surface area (Å²) < 4.78 is 7.51. The molecule has 4 nitrogen and oxygen atoms in total. The van der Waals surface area contributed by atoms with E-state index in [-0.39, 0.29) is 0 Å². The van der Waals surface area contributed by atoms with Crippen molar-refractivity contribution in [3.8, 4) is 16.9 Å². The number of fused-ring (bicyclic) bond motifs is 1. The van der Waals surface area contributed by atoms with Crippen LogP contribution in [0.1, 0.15) is 19.4 Å². The third kappa shape index (κ3) is 2.57. The Hall–Kier alpha value is -2.33. The molecule has 0 fully saturated rings. The van der Waals surface area contributed by atoms with Crippen LogP contribution in [0.3, 0.4) is 0 Å². The Bertz CT molecular complexity index is 829. The normalized spacial score (nSPS) is 11.9. The van der Waals surface area contributed by atoms with Gasteiger partial charge in [0.05, 0.1) is 11.7 Å². The minimum atomic E-state index is -1.20. The van der Waals surface area contributed by atoms with Gasteiger partial charge in [-0.25, -0.2) is 0 Å². The predicted molar refractivity (Wildman–Crippen MR) is 87.8 cm³/mol. The van der Waals surface area contributed by atoms with E-state index in [4.69, 9.17) is 4.74 Å². The summed E-state index contributed by atoms with van der Waals surface area (Å²) >= 11 is 0. The molecular formula is C18H20N2O2. The zero-order valence-corrected chi connectivity index (χ0v) is 13.3. The molecule has 0 bridgehead atoms. The Morgan fingerprint density at radius 1 is 1.09 bits per heavy atom. The number of benzene rings is 2. The fraction of sp³-hybridized carbons (Fsp3) is 0.278. The number of aromatic nitrogens is 2. The quantitative estimate of drug-likeness (QED) is 0.750. The molecule has 22 heavy (non-hydrogen) atoms. The van der Waals surface area contributed by atoms with Crippen molar-refractivity contribution in [1.82, 2.24) is 9.78 Å². The summed E-state index contributed by atoms with van der Waals surface area (Å²) in [4.78, 5) is 0. The van der Waals surface area contributed by atoms with Crippen molar-refractivity contribution in [3.63, 3.8) is 0 Å². The highest BCUT2D eigenvalue weighted by Crippen LogP contribution is 2.35. The molecule has 1 heterocycles. The van der Waals surface area contributed by atoms with Crippen LogP contribution in [0.2, 0.25) is 0 Å². The van der Waals surface area contributed by atoms with Crippen molar-refractivity contribution in [3.05, 3.63) is 48.2 Å². The summed E-state index contributed by atoms with van der Waals surface area (Å²) in [6, 6.07) is 12.0. The molecule has 0 saturated carbocycles. The Labute approximate surface area is 130 Å². The van der Waals surface area contributed by atoms with E-state index in [2.05, 4.69) is 23.3 Å². The Balaban J connectivity index is 2.17. The average molecular weight is 296 g/mol. The van der Waals surface area contributed by atoms with Crippen LogP contribution in [0.5, 0.6) is 5.75 Å². The number of rotatable bonds is 3. The van der Waals surface area contributed by atoms with Gasteiger partial charge in [0.15, 0.2) is 0 Å². The zero-order valence-electron chi connectivity index (χ0n) is 13.3. The SMILES string of the molecule is Cc1c(OC(C)(C)O)cccc1-c1cccc2c1cnn2C. The van der Waals surface area contributed by atoms with Crippen LogP contribution in [0.25, 0.3) is 22.0 Å². The van der Waals surface area contributed by atoms with Crippen LogP contribution in [0, 0.1) is 6.92 Å². The van der Waals surface area contributed by atoms with E-state index in [0.29, 0.717) is 5.75 Å². The Morgan fingerprint density at radius 2 is 1.77 bits per heavy atom. The first-order valence-corrected chi connectivity index (χ1v) is 7.29. The highest BCUT2D eigenvalue weighted by molar-refractivity contribution is 5.95. The standard InChI is InChI=1S/C18H20N2O2/c1-12-13(7-6-10-17(12)22-18(2,3)21)14-8-5-9-16-15(14)11-19-20(16)4/h5-11,21H,1-4H3. The lowest BCUT2D eigenvalue weighted by atomic mass is 9.97. The first-order chi connectivity index (χ1) is 10.4. The topological polar surface area (TPSA) is 47.3 Å². The first-order valence-electron chi connectivity index (χ1n) is 7.29. The van der Waals surface area contributed by atoms with Gasteiger partial charge in [0.2, 0.25) is 5.79 Å². The van der Waals surface area contributed by atoms with Gasteiger partial charge >= 0.3 is 0 Å². The number of ether oxygens (including phenoxy) is 1. The lowest BCUT2D eigenvalue weighted by Gasteiger charge is -2.22. The van der Waals surface area contributed by atoms with Crippen LogP contribution in [0.15, 0.2) is 42.6 Å². The second kappa shape index (κ2) is 5.14. The van der Waals surface area contributed by atoms with Crippen LogP contribution < -0.4 is 4.74 Å². The monoisotopic (exact) mass is 296 g/mol. The molecule has 1 aromatic heterocycles. The fourth-order valence-electron chi connectivity index (χ4n) is 2.70. The molecule has 0 aliphatic rings. The van der Waals surface area contributed by atoms with Gasteiger partial charge in [-0.05, 0) is 35.7 Å². The fourth-order valence-corrected chi connectivity index (χ4v) is 2.70. The second-order valence-electron chi connectivity index (χ2n) is 5.98. The van der Waals surface area contributed by atoms with E-state index in [1.807, 2.05) is 43.0 Å². The zero-order chi connectivity index (χ0) is 15.9. The average Bonchev–Trinajstić information content (AvgIpc) is 2.82. The molecule has 1 N–H and O–H groups in total. The summed E-state index contributed by atoms with van der Waals surface area (Å²) in [7, 11) is 1.94. The lowest BCUT2D eigenvalue weighted by molar-refractivity contribution is -0.104. The summed E-state index contributed by atoms with van der Waals surface area (Å²) in [6.45, 7) is 5.26. The van der Waals surface area contributed by atoms with Crippen LogP contribution in [-0.2, 0) is 7.05 Å². The molecule has 0 saturated heterocycles. The van der Waals surface area contributed by atoms with E-state index < -0.39 is 5.79 Å². The number of nitrogens with zero attached hydrogens (tertiary/aromatic N) is 2. The van der Waals surface area contributed by atoms with E-state index in [0.717, 1.165) is 27.6 Å². The molecule has 4 heteroatoms. The highest BCUT2D eigenvalue weighted by Gasteiger charge is 2.18. The molecule has 0 radical (unpaired) electrons. The predicted octanol–water partition coefficient (Wildman–Crippen LogP) is 3.66. The summed E-state index contributed by atoms with van der Waals surface area (Å²) in [6.07, 6.45) is 1.88. The molecule has 114 valence electrons. The third-order valence-corrected chi connectivity index (χ3v) is 3.73. The minimum absolute atomic E-state index is 0.686. The molecule has 3 aromatic rings. The van der Waals surface area contributed by atoms with Gasteiger partial charge in [0, 0.05) is 26.3 Å². The molecular weight excluding hydrogens is 276 g/mol. The minimum Gasteiger partial charge on any atom is -0.463 e. The molecule has 0 unspecified atom stereocenters. The largest absolute Gasteiger partial charge is 0.463 e. The van der Waals surface area contributed by atoms with Crippen LogP contribution in [0.4, 0.5) is 0 Å². The van der Waals surface area contributed by atoms with Crippen molar-refractivity contribution < 1.29 is 9.84 Å². The van der Waals surface area contributed by atoms with Crippen molar-refractivity contribution in [1.29, 1.82) is 0 Å². The molecule has 0 spiro atoms. The van der Waals surface area contributed by atoms with Crippen molar-refractivity contribution in [2.75, 3.05) is 0 Å². The summed E-state index contributed by atoms with van der Waals surface area (Å²) in [5.41, 5.74) is 4.29. The number of aryl methyl sites for hydroxylation is 1. The van der Waals surface area contributed by atoms with Gasteiger partial charge in [-0.15, -0.1) is 0 Å². The maximum absolute atomic E-state index is 9.90. The van der Waals surface area contributed by atoms with E-state index >= 15 is 0 Å². The maximum atomic E-state index is 9.90. The summed E-state index contributed by atoms with van der Waals surface area (Å²) in [5, 5.41) is 15.3. The lowest BCUT2D eigenvalue weighted by Crippen LogP contribution is -2.27. The van der Waals surface area contributed by atoms with E-state index in [1.165, 1.54) is 0 Å². The van der Waals surface area contributed by atoms with Gasteiger partial charge < -0.3 is 9.84 Å². The number of aliphatic hydroxyl groups is 1. The number of hydrogen-bond acceptors (Lipinski definition) is 3. The van der Waals surface area contributed by atoms with Crippen molar-refractivity contribution in [2.45, 2.75) is 26.6 Å². The molecule has 3 rings (SSSR count). The molecule has 0 aliphatic heterocycles. The van der Waals surface area contributed by atoms with Gasteiger partial charge in [0.1, 0.15) is 5.75 Å². The first kappa shape index (κ1) is 14.6. The second-order valence-corrected chi connectivity index (χ2v) is 5.98. The maximum Gasteiger partial charge on any atom is 0.202 e. The molecule has 0 atom stereocenters. The van der Waals surface area contributed by atoms with Crippen molar-refractivity contribution in [2.24, 2.45) is 7.05 Å². The van der Waals surface area contributed by atoms with Gasteiger partial charge in [-0.2, -0.15) is 5.10 Å². The van der Waals surface area contributed by atoms with Crippen LogP contribution >= 0.6 is 0 Å². The van der Waals surface area contributed by atoms with Gasteiger partial charge in [-0.3, -0.25) is 4.68 Å². The van der Waals surface area contributed by atoms with Crippen LogP contribution in [-0.4, -0.2) is 20.7 Å². The summed E-state index contributed by atoms with van der Waals surface area (Å²) in [5.74, 6) is -0.519. The Kier molecular flexibility index (Phi) is 3.41. The van der Waals surface area contributed by atoms with Gasteiger partial charge in [0.25, 0.3) is 0 Å². The van der Waals surface area contributed by atoms with Gasteiger partial charge in [-0.1, -0.05) is 24.3 Å². The smallest absolute Gasteiger partial charge is 0.202 e. The highest BCUT2D eigenvalue weighted by atomic mass is 16.6. The molecule has 0 aliphatic carbocycles. The molecule has 0 amide bonds. The van der Waals surface area contributed by atoms with Crippen molar-refractivity contribution >= 4 is 10.9 Å². The molecule has 2 aromatic carbocycles.